The minimum absolute atomic E-state index is 0.0343. The summed E-state index contributed by atoms with van der Waals surface area (Å²) < 4.78 is 11.4. The number of carboxylic acid groups (broad SMARTS) is 1. The van der Waals surface area contributed by atoms with Gasteiger partial charge in [-0.05, 0) is 73.9 Å². The molecule has 1 N–H and O–H groups in total. The van der Waals surface area contributed by atoms with Crippen LogP contribution >= 0.6 is 11.3 Å². The minimum atomic E-state index is -0.653. The fourth-order valence-corrected chi connectivity index (χ4v) is 6.83. The number of carbonyl (C=O) groups is 2. The Kier molecular flexibility index (Phi) is 8.42. The third kappa shape index (κ3) is 5.86. The Hall–Kier alpha value is -3.43. The SMILES string of the molecule is COCCN(C)C(=O)c1ccc(COc2ccc(C)cc2-c2csc(N3CC4CC[C@H](C3)C4C(=O)O)n2)c(C)c1. The van der Waals surface area contributed by atoms with Crippen LogP contribution in [-0.4, -0.2) is 67.3 Å². The molecule has 212 valence electrons. The molecular formula is C31H37N3O5S. The first kappa shape index (κ1) is 28.1. The number of hydrogen-bond donors (Lipinski definition) is 1. The first-order chi connectivity index (χ1) is 19.2. The van der Waals surface area contributed by atoms with Crippen molar-refractivity contribution in [2.24, 2.45) is 17.8 Å². The maximum Gasteiger partial charge on any atom is 0.307 e. The molecule has 40 heavy (non-hydrogen) atoms. The highest BCUT2D eigenvalue weighted by molar-refractivity contribution is 7.14. The number of piperidine rings is 1. The van der Waals surface area contributed by atoms with Crippen molar-refractivity contribution < 1.29 is 24.2 Å². The van der Waals surface area contributed by atoms with Gasteiger partial charge in [0, 0.05) is 50.3 Å². The van der Waals surface area contributed by atoms with Crippen molar-refractivity contribution >= 4 is 28.3 Å². The van der Waals surface area contributed by atoms with Gasteiger partial charge >= 0.3 is 5.97 Å². The third-order valence-electron chi connectivity index (χ3n) is 8.24. The smallest absolute Gasteiger partial charge is 0.307 e. The van der Waals surface area contributed by atoms with E-state index in [4.69, 9.17) is 14.5 Å². The molecule has 0 spiro atoms. The Morgan fingerprint density at radius 1 is 1.12 bits per heavy atom. The molecule has 8 nitrogen and oxygen atoms in total. The van der Waals surface area contributed by atoms with E-state index in [0.717, 1.165) is 64.8 Å². The lowest BCUT2D eigenvalue weighted by Crippen LogP contribution is -2.44. The van der Waals surface area contributed by atoms with Crippen molar-refractivity contribution in [2.45, 2.75) is 33.3 Å². The van der Waals surface area contributed by atoms with Gasteiger partial charge in [-0.3, -0.25) is 9.59 Å². The van der Waals surface area contributed by atoms with E-state index < -0.39 is 5.97 Å². The van der Waals surface area contributed by atoms with E-state index in [1.807, 2.05) is 37.3 Å². The van der Waals surface area contributed by atoms with Crippen LogP contribution in [0.4, 0.5) is 5.13 Å². The van der Waals surface area contributed by atoms with Crippen LogP contribution < -0.4 is 9.64 Å². The molecule has 1 aliphatic heterocycles. The summed E-state index contributed by atoms with van der Waals surface area (Å²) in [6.07, 6.45) is 1.95. The summed E-state index contributed by atoms with van der Waals surface area (Å²) in [5, 5.41) is 12.7. The van der Waals surface area contributed by atoms with Gasteiger partial charge in [-0.1, -0.05) is 17.7 Å². The summed E-state index contributed by atoms with van der Waals surface area (Å²) in [6, 6.07) is 11.8. The van der Waals surface area contributed by atoms with Crippen LogP contribution in [0.1, 0.15) is 39.9 Å². The molecule has 2 bridgehead atoms. The van der Waals surface area contributed by atoms with Crippen LogP contribution in [0.25, 0.3) is 11.3 Å². The number of methoxy groups -OCH3 is 1. The first-order valence-corrected chi connectivity index (χ1v) is 14.6. The Balaban J connectivity index is 1.29. The molecule has 2 aliphatic rings. The Labute approximate surface area is 239 Å². The number of benzene rings is 2. The molecule has 5 rings (SSSR count). The fraction of sp³-hybridized carbons (Fsp3) is 0.452. The number of rotatable bonds is 10. The van der Waals surface area contributed by atoms with Crippen LogP contribution in [0.5, 0.6) is 5.75 Å². The molecule has 9 heteroatoms. The molecule has 1 aromatic heterocycles. The van der Waals surface area contributed by atoms with E-state index in [1.54, 1.807) is 30.4 Å². The minimum Gasteiger partial charge on any atom is -0.488 e. The van der Waals surface area contributed by atoms with Crippen LogP contribution in [-0.2, 0) is 16.1 Å². The number of nitrogens with zero attached hydrogens (tertiary/aromatic N) is 3. The average Bonchev–Trinajstić information content (AvgIpc) is 3.54. The zero-order valence-electron chi connectivity index (χ0n) is 23.6. The second kappa shape index (κ2) is 12.0. The number of anilines is 1. The van der Waals surface area contributed by atoms with E-state index >= 15 is 0 Å². The number of ether oxygens (including phenoxy) is 2. The number of hydrogen-bond acceptors (Lipinski definition) is 7. The number of carboxylic acids is 1. The molecule has 3 aromatic rings. The molecule has 1 amide bonds. The monoisotopic (exact) mass is 563 g/mol. The predicted octanol–water partition coefficient (Wildman–Crippen LogP) is 5.27. The molecule has 1 aliphatic carbocycles. The molecule has 3 atom stereocenters. The summed E-state index contributed by atoms with van der Waals surface area (Å²) in [4.78, 5) is 33.4. The molecule has 2 heterocycles. The van der Waals surface area contributed by atoms with Crippen LogP contribution in [0.3, 0.4) is 0 Å². The van der Waals surface area contributed by atoms with Crippen molar-refractivity contribution in [3.63, 3.8) is 0 Å². The zero-order valence-corrected chi connectivity index (χ0v) is 24.4. The van der Waals surface area contributed by atoms with Crippen molar-refractivity contribution in [3.05, 3.63) is 64.0 Å². The largest absolute Gasteiger partial charge is 0.488 e. The van der Waals surface area contributed by atoms with Crippen LogP contribution in [0, 0.1) is 31.6 Å². The maximum atomic E-state index is 12.7. The molecule has 1 saturated carbocycles. The van der Waals surface area contributed by atoms with E-state index in [9.17, 15) is 14.7 Å². The molecular weight excluding hydrogens is 526 g/mol. The van der Waals surface area contributed by atoms with E-state index in [1.165, 1.54) is 0 Å². The normalized spacial score (nSPS) is 20.0. The lowest BCUT2D eigenvalue weighted by molar-refractivity contribution is -0.144. The van der Waals surface area contributed by atoms with Crippen molar-refractivity contribution in [1.29, 1.82) is 0 Å². The maximum absolute atomic E-state index is 12.7. The summed E-state index contributed by atoms with van der Waals surface area (Å²) in [5.74, 6) is 0.229. The predicted molar refractivity (Wildman–Crippen MR) is 156 cm³/mol. The van der Waals surface area contributed by atoms with E-state index in [-0.39, 0.29) is 23.7 Å². The lowest BCUT2D eigenvalue weighted by atomic mass is 9.85. The second-order valence-corrected chi connectivity index (χ2v) is 11.9. The Morgan fingerprint density at radius 2 is 1.88 bits per heavy atom. The van der Waals surface area contributed by atoms with Crippen molar-refractivity contribution in [3.8, 4) is 17.0 Å². The topological polar surface area (TPSA) is 92.2 Å². The van der Waals surface area contributed by atoms with Gasteiger partial charge in [-0.2, -0.15) is 0 Å². The van der Waals surface area contributed by atoms with Gasteiger partial charge in [-0.25, -0.2) is 4.98 Å². The van der Waals surface area contributed by atoms with Gasteiger partial charge < -0.3 is 24.4 Å². The number of fused-ring (bicyclic) bond motifs is 2. The van der Waals surface area contributed by atoms with E-state index in [0.29, 0.717) is 25.3 Å². The fourth-order valence-electron chi connectivity index (χ4n) is 5.98. The number of carbonyl (C=O) groups excluding carboxylic acids is 1. The molecule has 2 unspecified atom stereocenters. The summed E-state index contributed by atoms with van der Waals surface area (Å²) >= 11 is 1.60. The highest BCUT2D eigenvalue weighted by atomic mass is 32.1. The number of thiazole rings is 1. The van der Waals surface area contributed by atoms with E-state index in [2.05, 4.69) is 23.3 Å². The number of amides is 1. The van der Waals surface area contributed by atoms with Gasteiger partial charge in [0.05, 0.1) is 18.2 Å². The number of aromatic nitrogens is 1. The highest BCUT2D eigenvalue weighted by Crippen LogP contribution is 2.44. The molecule has 2 aromatic carbocycles. The van der Waals surface area contributed by atoms with Gasteiger partial charge in [0.1, 0.15) is 12.4 Å². The lowest BCUT2D eigenvalue weighted by Gasteiger charge is -2.35. The van der Waals surface area contributed by atoms with Gasteiger partial charge in [0.2, 0.25) is 0 Å². The highest BCUT2D eigenvalue weighted by Gasteiger charge is 2.46. The van der Waals surface area contributed by atoms with Gasteiger partial charge in [0.15, 0.2) is 5.13 Å². The number of aliphatic carboxylic acids is 1. The van der Waals surface area contributed by atoms with Gasteiger partial charge in [-0.15, -0.1) is 11.3 Å². The molecule has 2 fully saturated rings. The summed E-state index contributed by atoms with van der Waals surface area (Å²) in [5.41, 5.74) is 5.58. The van der Waals surface area contributed by atoms with Crippen LogP contribution in [0.15, 0.2) is 41.8 Å². The number of likely N-dealkylation sites (N-methyl/N-ethyl adjacent to an activating group) is 1. The molecule has 0 radical (unpaired) electrons. The zero-order chi connectivity index (χ0) is 28.4. The Bertz CT molecular complexity index is 1380. The second-order valence-electron chi connectivity index (χ2n) is 11.0. The molecule has 1 saturated heterocycles. The third-order valence-corrected chi connectivity index (χ3v) is 9.14. The Morgan fingerprint density at radius 3 is 2.55 bits per heavy atom. The standard InChI is InChI=1S/C31H37N3O5S/c1-19-5-10-27(39-17-24-9-6-21(14-20(24)2)29(35)33(3)11-12-38-4)25(13-19)26-18-40-31(32-26)34-15-22-7-8-23(16-34)28(22)30(36)37/h5-6,9-10,13-14,18,22-23,28H,7-8,11-12,15-17H2,1-4H3,(H,36,37)/t22-,23?,28?/m1/s1. The van der Waals surface area contributed by atoms with Crippen LogP contribution in [0.2, 0.25) is 0 Å². The average molecular weight is 564 g/mol. The summed E-state index contributed by atoms with van der Waals surface area (Å²) in [7, 11) is 3.40. The first-order valence-electron chi connectivity index (χ1n) is 13.8. The number of aryl methyl sites for hydroxylation is 2. The quantitative estimate of drug-likeness (QED) is 0.359. The van der Waals surface area contributed by atoms with Crippen molar-refractivity contribution in [1.82, 2.24) is 9.88 Å². The van der Waals surface area contributed by atoms with Gasteiger partial charge in [0.25, 0.3) is 5.91 Å². The summed E-state index contributed by atoms with van der Waals surface area (Å²) in [6.45, 7) is 6.95. The van der Waals surface area contributed by atoms with Crippen molar-refractivity contribution in [2.75, 3.05) is 45.3 Å².